The van der Waals surface area contributed by atoms with Crippen molar-refractivity contribution < 1.29 is 9.53 Å². The van der Waals surface area contributed by atoms with Gasteiger partial charge in [-0.15, -0.1) is 0 Å². The van der Waals surface area contributed by atoms with Crippen LogP contribution in [0.25, 0.3) is 0 Å². The monoisotopic (exact) mass is 261 g/mol. The minimum absolute atomic E-state index is 0.124. The molecule has 0 amide bonds. The Morgan fingerprint density at radius 2 is 2.11 bits per heavy atom. The van der Waals surface area contributed by atoms with E-state index in [2.05, 4.69) is 31.0 Å². The molecule has 1 aliphatic heterocycles. The zero-order chi connectivity index (χ0) is 13.9. The Morgan fingerprint density at radius 1 is 1.42 bits per heavy atom. The van der Waals surface area contributed by atoms with Crippen molar-refractivity contribution in [2.24, 2.45) is 5.92 Å². The summed E-state index contributed by atoms with van der Waals surface area (Å²) < 4.78 is 5.84. The van der Waals surface area contributed by atoms with Crippen molar-refractivity contribution in [1.82, 2.24) is 4.90 Å². The van der Waals surface area contributed by atoms with Crippen LogP contribution in [0.3, 0.4) is 0 Å². The highest BCUT2D eigenvalue weighted by atomic mass is 16.6. The van der Waals surface area contributed by atoms with Gasteiger partial charge in [-0.1, -0.05) is 37.3 Å². The lowest BCUT2D eigenvalue weighted by molar-refractivity contribution is -0.164. The number of rotatable bonds is 4. The Hall–Kier alpha value is -1.35. The van der Waals surface area contributed by atoms with Gasteiger partial charge < -0.3 is 9.64 Å². The molecule has 3 heteroatoms. The smallest absolute Gasteiger partial charge is 0.306 e. The third kappa shape index (κ3) is 2.98. The van der Waals surface area contributed by atoms with E-state index in [1.807, 2.05) is 25.1 Å². The highest BCUT2D eigenvalue weighted by molar-refractivity contribution is 5.69. The number of likely N-dealkylation sites (tertiary alicyclic amines) is 1. The molecule has 0 unspecified atom stereocenters. The molecular formula is C16H23NO2. The summed E-state index contributed by atoms with van der Waals surface area (Å²) in [4.78, 5) is 14.1. The number of ether oxygens (including phenoxy) is 1. The molecule has 1 aromatic carbocycles. The summed E-state index contributed by atoms with van der Waals surface area (Å²) in [5.41, 5.74) is 0.580. The summed E-state index contributed by atoms with van der Waals surface area (Å²) in [6.45, 7) is 5.94. The normalized spacial score (nSPS) is 23.0. The van der Waals surface area contributed by atoms with Crippen molar-refractivity contribution in [2.75, 3.05) is 20.1 Å². The predicted molar refractivity (Wildman–Crippen MR) is 75.8 cm³/mol. The Bertz CT molecular complexity index is 432. The summed E-state index contributed by atoms with van der Waals surface area (Å²) >= 11 is 0. The van der Waals surface area contributed by atoms with E-state index in [4.69, 9.17) is 4.74 Å². The van der Waals surface area contributed by atoms with Crippen molar-refractivity contribution in [3.05, 3.63) is 35.9 Å². The summed E-state index contributed by atoms with van der Waals surface area (Å²) in [7, 11) is 2.12. The fourth-order valence-corrected chi connectivity index (χ4v) is 2.84. The van der Waals surface area contributed by atoms with E-state index < -0.39 is 5.60 Å². The third-order valence-corrected chi connectivity index (χ3v) is 4.13. The van der Waals surface area contributed by atoms with Crippen molar-refractivity contribution in [3.63, 3.8) is 0 Å². The summed E-state index contributed by atoms with van der Waals surface area (Å²) in [6, 6.07) is 10.1. The first-order valence-electron chi connectivity index (χ1n) is 7.02. The molecule has 1 aliphatic rings. The van der Waals surface area contributed by atoms with Crippen LogP contribution in [0.4, 0.5) is 0 Å². The maximum absolute atomic E-state index is 11.8. The third-order valence-electron chi connectivity index (χ3n) is 4.13. The quantitative estimate of drug-likeness (QED) is 0.781. The lowest BCUT2D eigenvalue weighted by atomic mass is 9.82. The average molecular weight is 261 g/mol. The zero-order valence-corrected chi connectivity index (χ0v) is 12.1. The Morgan fingerprint density at radius 3 is 2.63 bits per heavy atom. The van der Waals surface area contributed by atoms with Crippen LogP contribution in [0.15, 0.2) is 30.3 Å². The van der Waals surface area contributed by atoms with Crippen molar-refractivity contribution >= 4 is 5.97 Å². The summed E-state index contributed by atoms with van der Waals surface area (Å²) in [5, 5.41) is 0. The molecule has 0 saturated carbocycles. The first kappa shape index (κ1) is 14.1. The highest BCUT2D eigenvalue weighted by Gasteiger charge is 2.42. The zero-order valence-electron chi connectivity index (χ0n) is 12.1. The highest BCUT2D eigenvalue weighted by Crippen LogP contribution is 2.38. The van der Waals surface area contributed by atoms with E-state index >= 15 is 0 Å². The van der Waals surface area contributed by atoms with Crippen LogP contribution in [0.2, 0.25) is 0 Å². The average Bonchev–Trinajstić information content (AvgIpc) is 2.86. The maximum Gasteiger partial charge on any atom is 0.306 e. The lowest BCUT2D eigenvalue weighted by Crippen LogP contribution is -2.38. The topological polar surface area (TPSA) is 29.5 Å². The van der Waals surface area contributed by atoms with Crippen molar-refractivity contribution in [3.8, 4) is 0 Å². The number of benzene rings is 1. The van der Waals surface area contributed by atoms with Gasteiger partial charge >= 0.3 is 5.97 Å². The SMILES string of the molecule is CCC(=O)O[C@@](C)(c1ccccc1)[C@@H]1CCN(C)C1. The van der Waals surface area contributed by atoms with Gasteiger partial charge in [-0.2, -0.15) is 0 Å². The van der Waals surface area contributed by atoms with Gasteiger partial charge in [-0.3, -0.25) is 4.79 Å². The van der Waals surface area contributed by atoms with Crippen LogP contribution in [-0.4, -0.2) is 31.0 Å². The number of esters is 1. The van der Waals surface area contributed by atoms with Gasteiger partial charge in [0.2, 0.25) is 0 Å². The number of hydrogen-bond donors (Lipinski definition) is 0. The lowest BCUT2D eigenvalue weighted by Gasteiger charge is -2.35. The first-order valence-corrected chi connectivity index (χ1v) is 7.02. The van der Waals surface area contributed by atoms with Crippen LogP contribution in [-0.2, 0) is 15.1 Å². The first-order chi connectivity index (χ1) is 9.06. The second kappa shape index (κ2) is 5.74. The van der Waals surface area contributed by atoms with E-state index in [1.54, 1.807) is 0 Å². The van der Waals surface area contributed by atoms with Gasteiger partial charge in [-0.05, 0) is 32.5 Å². The maximum atomic E-state index is 11.8. The minimum atomic E-state index is -0.515. The largest absolute Gasteiger partial charge is 0.454 e. The van der Waals surface area contributed by atoms with E-state index in [-0.39, 0.29) is 5.97 Å². The summed E-state index contributed by atoms with van der Waals surface area (Å²) in [5.74, 6) is 0.233. The second-order valence-corrected chi connectivity index (χ2v) is 5.55. The molecule has 0 aromatic heterocycles. The van der Waals surface area contributed by atoms with Crippen LogP contribution in [0.5, 0.6) is 0 Å². The molecule has 2 atom stereocenters. The standard InChI is InChI=1S/C16H23NO2/c1-4-15(18)19-16(2,13-8-6-5-7-9-13)14-10-11-17(3)12-14/h5-9,14H,4,10-12H2,1-3H3/t14-,16+/m1/s1. The fraction of sp³-hybridized carbons (Fsp3) is 0.562. The number of carbonyl (C=O) groups excluding carboxylic acids is 1. The van der Waals surface area contributed by atoms with Crippen molar-refractivity contribution in [2.45, 2.75) is 32.3 Å². The summed E-state index contributed by atoms with van der Waals surface area (Å²) in [6.07, 6.45) is 1.49. The number of nitrogens with zero attached hydrogens (tertiary/aromatic N) is 1. The van der Waals surface area contributed by atoms with E-state index in [0.717, 1.165) is 25.1 Å². The second-order valence-electron chi connectivity index (χ2n) is 5.55. The Balaban J connectivity index is 2.30. The van der Waals surface area contributed by atoms with Gasteiger partial charge in [0.05, 0.1) is 0 Å². The molecule has 1 aromatic rings. The molecule has 0 radical (unpaired) electrons. The molecule has 1 fully saturated rings. The molecule has 0 N–H and O–H groups in total. The van der Waals surface area contributed by atoms with Crippen LogP contribution < -0.4 is 0 Å². The van der Waals surface area contributed by atoms with Gasteiger partial charge in [-0.25, -0.2) is 0 Å². The Labute approximate surface area is 115 Å². The van der Waals surface area contributed by atoms with Crippen LogP contribution in [0.1, 0.15) is 32.3 Å². The molecule has 0 bridgehead atoms. The van der Waals surface area contributed by atoms with Crippen LogP contribution in [0, 0.1) is 5.92 Å². The molecular weight excluding hydrogens is 238 g/mol. The molecule has 0 spiro atoms. The van der Waals surface area contributed by atoms with E-state index in [0.29, 0.717) is 12.3 Å². The molecule has 2 rings (SSSR count). The van der Waals surface area contributed by atoms with E-state index in [9.17, 15) is 4.79 Å². The Kier molecular flexibility index (Phi) is 4.25. The van der Waals surface area contributed by atoms with E-state index in [1.165, 1.54) is 0 Å². The predicted octanol–water partition coefficient (Wildman–Crippen LogP) is 2.81. The molecule has 3 nitrogen and oxygen atoms in total. The van der Waals surface area contributed by atoms with Gasteiger partial charge in [0.1, 0.15) is 5.60 Å². The molecule has 0 aliphatic carbocycles. The molecule has 19 heavy (non-hydrogen) atoms. The molecule has 104 valence electrons. The fourth-order valence-electron chi connectivity index (χ4n) is 2.84. The molecule has 1 heterocycles. The number of hydrogen-bond acceptors (Lipinski definition) is 3. The van der Waals surface area contributed by atoms with Crippen LogP contribution >= 0.6 is 0 Å². The van der Waals surface area contributed by atoms with Gasteiger partial charge in [0.15, 0.2) is 0 Å². The van der Waals surface area contributed by atoms with Gasteiger partial charge in [0, 0.05) is 18.9 Å². The van der Waals surface area contributed by atoms with Crippen molar-refractivity contribution in [1.29, 1.82) is 0 Å². The number of carbonyl (C=O) groups is 1. The minimum Gasteiger partial charge on any atom is -0.454 e. The molecule has 1 saturated heterocycles. The van der Waals surface area contributed by atoms with Gasteiger partial charge in [0.25, 0.3) is 0 Å².